The Morgan fingerprint density at radius 1 is 1.24 bits per heavy atom. The van der Waals surface area contributed by atoms with Crippen molar-refractivity contribution in [3.05, 3.63) is 56.8 Å². The maximum Gasteiger partial charge on any atom is 0.295 e. The number of fused-ring (bicyclic) bond motifs is 1. The van der Waals surface area contributed by atoms with E-state index in [9.17, 15) is 14.4 Å². The van der Waals surface area contributed by atoms with Crippen molar-refractivity contribution in [1.82, 2.24) is 19.5 Å². The standard InChI is InChI=1S/C20H21N5O3S/c1-3-13-4-6-14(7-5-13)9-24-10-15(8-17(24)26)19(28)21-16-11-29-20-22-18(27)12(2)23-25(16)20/h4-7,11,15H,3,8-10H2,1-2H3,(H,21,28). The van der Waals surface area contributed by atoms with Crippen LogP contribution in [-0.4, -0.2) is 37.9 Å². The molecule has 0 spiro atoms. The second-order valence-electron chi connectivity index (χ2n) is 7.15. The van der Waals surface area contributed by atoms with E-state index >= 15 is 0 Å². The lowest BCUT2D eigenvalue weighted by Gasteiger charge is -2.17. The minimum Gasteiger partial charge on any atom is -0.338 e. The van der Waals surface area contributed by atoms with Crippen LogP contribution >= 0.6 is 11.3 Å². The molecule has 1 aromatic carbocycles. The lowest BCUT2D eigenvalue weighted by Crippen LogP contribution is -2.28. The highest BCUT2D eigenvalue weighted by molar-refractivity contribution is 7.15. The number of benzene rings is 1. The molecule has 1 aliphatic heterocycles. The van der Waals surface area contributed by atoms with Gasteiger partial charge in [0.05, 0.1) is 5.92 Å². The van der Waals surface area contributed by atoms with Gasteiger partial charge in [-0.05, 0) is 24.5 Å². The lowest BCUT2D eigenvalue weighted by atomic mass is 10.1. The molecule has 9 heteroatoms. The van der Waals surface area contributed by atoms with Crippen LogP contribution in [0.5, 0.6) is 0 Å². The number of likely N-dealkylation sites (tertiary alicyclic amines) is 1. The number of thiazole rings is 1. The average Bonchev–Trinajstić information content (AvgIpc) is 3.26. The minimum absolute atomic E-state index is 0.0285. The minimum atomic E-state index is -0.430. The van der Waals surface area contributed by atoms with Gasteiger partial charge in [0.2, 0.25) is 16.8 Å². The molecule has 3 heterocycles. The first-order valence-electron chi connectivity index (χ1n) is 9.46. The van der Waals surface area contributed by atoms with Gasteiger partial charge in [-0.15, -0.1) is 11.3 Å². The predicted octanol–water partition coefficient (Wildman–Crippen LogP) is 2.01. The van der Waals surface area contributed by atoms with E-state index in [0.717, 1.165) is 12.0 Å². The topological polar surface area (TPSA) is 96.7 Å². The Morgan fingerprint density at radius 2 is 1.97 bits per heavy atom. The summed E-state index contributed by atoms with van der Waals surface area (Å²) in [4.78, 5) is 42.8. The Balaban J connectivity index is 1.44. The van der Waals surface area contributed by atoms with E-state index in [-0.39, 0.29) is 29.5 Å². The average molecular weight is 411 g/mol. The Labute approximate surface area is 171 Å². The van der Waals surface area contributed by atoms with Gasteiger partial charge in [-0.25, -0.2) is 0 Å². The summed E-state index contributed by atoms with van der Waals surface area (Å²) in [7, 11) is 0. The van der Waals surface area contributed by atoms with E-state index in [0.29, 0.717) is 23.9 Å². The van der Waals surface area contributed by atoms with E-state index in [1.807, 2.05) is 12.1 Å². The third-order valence-electron chi connectivity index (χ3n) is 5.08. The van der Waals surface area contributed by atoms with E-state index in [4.69, 9.17) is 0 Å². The number of hydrogen-bond donors (Lipinski definition) is 1. The normalized spacial score (nSPS) is 16.6. The Bertz CT molecular complexity index is 1140. The van der Waals surface area contributed by atoms with Crippen molar-refractivity contribution in [2.75, 3.05) is 11.9 Å². The summed E-state index contributed by atoms with van der Waals surface area (Å²) in [6.07, 6.45) is 1.15. The molecule has 1 N–H and O–H groups in total. The zero-order valence-electron chi connectivity index (χ0n) is 16.2. The van der Waals surface area contributed by atoms with Crippen LogP contribution in [0.4, 0.5) is 5.82 Å². The van der Waals surface area contributed by atoms with E-state index < -0.39 is 5.92 Å². The van der Waals surface area contributed by atoms with Crippen molar-refractivity contribution in [2.24, 2.45) is 5.92 Å². The summed E-state index contributed by atoms with van der Waals surface area (Å²) >= 11 is 1.22. The van der Waals surface area contributed by atoms with Crippen LogP contribution in [-0.2, 0) is 22.6 Å². The molecule has 29 heavy (non-hydrogen) atoms. The highest BCUT2D eigenvalue weighted by Crippen LogP contribution is 2.23. The van der Waals surface area contributed by atoms with Crippen LogP contribution in [0, 0.1) is 12.8 Å². The number of rotatable bonds is 5. The quantitative estimate of drug-likeness (QED) is 0.693. The molecule has 1 unspecified atom stereocenters. The molecule has 8 nitrogen and oxygen atoms in total. The first kappa shape index (κ1) is 19.3. The molecule has 0 bridgehead atoms. The SMILES string of the molecule is CCc1ccc(CN2CC(C(=O)Nc3csc4nc(=O)c(C)nn34)CC2=O)cc1. The first-order valence-corrected chi connectivity index (χ1v) is 10.3. The Morgan fingerprint density at radius 3 is 2.69 bits per heavy atom. The van der Waals surface area contributed by atoms with E-state index in [1.54, 1.807) is 17.2 Å². The predicted molar refractivity (Wildman–Crippen MR) is 110 cm³/mol. The van der Waals surface area contributed by atoms with Gasteiger partial charge in [-0.3, -0.25) is 14.4 Å². The zero-order chi connectivity index (χ0) is 20.5. The van der Waals surface area contributed by atoms with Crippen molar-refractivity contribution < 1.29 is 9.59 Å². The number of hydrogen-bond acceptors (Lipinski definition) is 6. The van der Waals surface area contributed by atoms with Crippen LogP contribution < -0.4 is 10.9 Å². The number of nitrogens with one attached hydrogen (secondary N) is 1. The van der Waals surface area contributed by atoms with E-state index in [2.05, 4.69) is 34.5 Å². The number of aryl methyl sites for hydroxylation is 2. The van der Waals surface area contributed by atoms with Crippen LogP contribution in [0.15, 0.2) is 34.4 Å². The largest absolute Gasteiger partial charge is 0.338 e. The monoisotopic (exact) mass is 411 g/mol. The molecule has 1 saturated heterocycles. The van der Waals surface area contributed by atoms with Crippen molar-refractivity contribution in [3.8, 4) is 0 Å². The second kappa shape index (κ2) is 7.75. The fraction of sp³-hybridized carbons (Fsp3) is 0.350. The zero-order valence-corrected chi connectivity index (χ0v) is 17.0. The van der Waals surface area contributed by atoms with Gasteiger partial charge in [0, 0.05) is 24.9 Å². The van der Waals surface area contributed by atoms with Crippen molar-refractivity contribution in [2.45, 2.75) is 33.2 Å². The third-order valence-corrected chi connectivity index (χ3v) is 5.90. The number of carbonyl (C=O) groups excluding carboxylic acids is 2. The van der Waals surface area contributed by atoms with Gasteiger partial charge in [-0.1, -0.05) is 31.2 Å². The molecule has 0 radical (unpaired) electrons. The highest BCUT2D eigenvalue weighted by Gasteiger charge is 2.34. The number of nitrogens with zero attached hydrogens (tertiary/aromatic N) is 4. The summed E-state index contributed by atoms with van der Waals surface area (Å²) < 4.78 is 1.45. The number of anilines is 1. The van der Waals surface area contributed by atoms with Crippen LogP contribution in [0.25, 0.3) is 4.96 Å². The second-order valence-corrected chi connectivity index (χ2v) is 7.99. The van der Waals surface area contributed by atoms with Gasteiger partial charge < -0.3 is 10.2 Å². The molecule has 0 saturated carbocycles. The fourth-order valence-corrected chi connectivity index (χ4v) is 4.10. The molecule has 3 aromatic rings. The summed E-state index contributed by atoms with van der Waals surface area (Å²) in [6.45, 7) is 4.55. The van der Waals surface area contributed by atoms with Crippen molar-refractivity contribution in [3.63, 3.8) is 0 Å². The molecule has 2 aromatic heterocycles. The van der Waals surface area contributed by atoms with Crippen LogP contribution in [0.1, 0.15) is 30.2 Å². The summed E-state index contributed by atoms with van der Waals surface area (Å²) in [6, 6.07) is 8.18. The molecule has 1 aliphatic rings. The summed E-state index contributed by atoms with van der Waals surface area (Å²) in [5.74, 6) is -0.244. The van der Waals surface area contributed by atoms with Crippen molar-refractivity contribution >= 4 is 33.9 Å². The number of amides is 2. The molecule has 4 rings (SSSR count). The Hall–Kier alpha value is -3.07. The number of aromatic nitrogens is 3. The van der Waals surface area contributed by atoms with Gasteiger partial charge >= 0.3 is 0 Å². The smallest absolute Gasteiger partial charge is 0.295 e. The summed E-state index contributed by atoms with van der Waals surface area (Å²) in [5, 5.41) is 8.69. The fourth-order valence-electron chi connectivity index (χ4n) is 3.35. The molecule has 150 valence electrons. The maximum absolute atomic E-state index is 12.7. The molecule has 1 fully saturated rings. The Kier molecular flexibility index (Phi) is 5.14. The first-order chi connectivity index (χ1) is 13.9. The molecule has 1 atom stereocenters. The van der Waals surface area contributed by atoms with Gasteiger partial charge in [-0.2, -0.15) is 14.6 Å². The molecular weight excluding hydrogens is 390 g/mol. The molecular formula is C20H21N5O3S. The molecule has 2 amide bonds. The van der Waals surface area contributed by atoms with E-state index in [1.165, 1.54) is 21.4 Å². The van der Waals surface area contributed by atoms with Gasteiger partial charge in [0.1, 0.15) is 11.5 Å². The lowest BCUT2D eigenvalue weighted by molar-refractivity contribution is -0.128. The summed E-state index contributed by atoms with van der Waals surface area (Å²) in [5.41, 5.74) is 2.18. The third kappa shape index (κ3) is 3.91. The van der Waals surface area contributed by atoms with Crippen LogP contribution in [0.3, 0.4) is 0 Å². The van der Waals surface area contributed by atoms with Crippen LogP contribution in [0.2, 0.25) is 0 Å². The maximum atomic E-state index is 12.7. The highest BCUT2D eigenvalue weighted by atomic mass is 32.1. The van der Waals surface area contributed by atoms with Crippen molar-refractivity contribution in [1.29, 1.82) is 0 Å². The van der Waals surface area contributed by atoms with Gasteiger partial charge in [0.25, 0.3) is 5.56 Å². The van der Waals surface area contributed by atoms with Gasteiger partial charge in [0.15, 0.2) is 0 Å². The number of carbonyl (C=O) groups is 2. The molecule has 0 aliphatic carbocycles.